The number of rotatable bonds is 7. The van der Waals surface area contributed by atoms with Gasteiger partial charge >= 0.3 is 0 Å². The molecule has 0 atom stereocenters. The quantitative estimate of drug-likeness (QED) is 0.531. The Morgan fingerprint density at radius 3 is 2.78 bits per heavy atom. The third-order valence-electron chi connectivity index (χ3n) is 3.67. The van der Waals surface area contributed by atoms with Crippen LogP contribution in [0.5, 0.6) is 0 Å². The fourth-order valence-electron chi connectivity index (χ4n) is 2.44. The van der Waals surface area contributed by atoms with Crippen molar-refractivity contribution in [1.82, 2.24) is 19.5 Å². The number of fused-ring (bicyclic) bond motifs is 1. The maximum atomic E-state index is 5.89. The highest BCUT2D eigenvalue weighted by molar-refractivity contribution is 7.99. The fourth-order valence-corrected chi connectivity index (χ4v) is 3.41. The number of unbranched alkanes of at least 4 members (excludes halogenated alkanes) is 1. The summed E-state index contributed by atoms with van der Waals surface area (Å²) in [7, 11) is 0. The zero-order valence-corrected chi connectivity index (χ0v) is 14.1. The van der Waals surface area contributed by atoms with Crippen LogP contribution in [0.15, 0.2) is 41.7 Å². The monoisotopic (exact) mass is 327 g/mol. The number of thioether (sulfide) groups is 1. The second-order valence-electron chi connectivity index (χ2n) is 5.43. The van der Waals surface area contributed by atoms with Gasteiger partial charge in [-0.1, -0.05) is 43.7 Å². The van der Waals surface area contributed by atoms with Gasteiger partial charge in [-0.3, -0.25) is 0 Å². The van der Waals surface area contributed by atoms with E-state index in [1.165, 1.54) is 5.56 Å². The van der Waals surface area contributed by atoms with Crippen LogP contribution in [0.3, 0.4) is 0 Å². The minimum Gasteiger partial charge on any atom is -0.368 e. The highest BCUT2D eigenvalue weighted by Crippen LogP contribution is 2.25. The van der Waals surface area contributed by atoms with E-state index in [1.54, 1.807) is 11.8 Å². The predicted octanol–water partition coefficient (Wildman–Crippen LogP) is 3.54. The molecule has 120 valence electrons. The molecule has 0 saturated carbocycles. The Morgan fingerprint density at radius 1 is 1.17 bits per heavy atom. The number of aryl methyl sites for hydroxylation is 2. The van der Waals surface area contributed by atoms with Gasteiger partial charge in [0.25, 0.3) is 0 Å². The maximum Gasteiger partial charge on any atom is 0.223 e. The van der Waals surface area contributed by atoms with Gasteiger partial charge in [-0.15, -0.1) is 11.8 Å². The first-order valence-corrected chi connectivity index (χ1v) is 8.91. The van der Waals surface area contributed by atoms with E-state index < -0.39 is 0 Å². The first kappa shape index (κ1) is 15.8. The number of nitrogens with two attached hydrogens (primary N) is 1. The summed E-state index contributed by atoms with van der Waals surface area (Å²) in [6.07, 6.45) is 5.08. The lowest BCUT2D eigenvalue weighted by molar-refractivity contribution is 0.641. The molecule has 3 rings (SSSR count). The van der Waals surface area contributed by atoms with Crippen LogP contribution in [0.1, 0.15) is 25.3 Å². The highest BCUT2D eigenvalue weighted by atomic mass is 32.2. The highest BCUT2D eigenvalue weighted by Gasteiger charge is 2.12. The number of hydrogen-bond acceptors (Lipinski definition) is 5. The van der Waals surface area contributed by atoms with Crippen LogP contribution in [0.2, 0.25) is 0 Å². The van der Waals surface area contributed by atoms with E-state index in [1.807, 2.05) is 12.4 Å². The molecule has 0 saturated heterocycles. The largest absolute Gasteiger partial charge is 0.368 e. The summed E-state index contributed by atoms with van der Waals surface area (Å²) in [6, 6.07) is 10.5. The van der Waals surface area contributed by atoms with Crippen LogP contribution in [0.25, 0.3) is 11.2 Å². The number of imidazole rings is 1. The van der Waals surface area contributed by atoms with Crippen molar-refractivity contribution in [1.29, 1.82) is 0 Å². The molecule has 2 heterocycles. The lowest BCUT2D eigenvalue weighted by Gasteiger charge is -2.05. The van der Waals surface area contributed by atoms with Crippen LogP contribution in [-0.2, 0) is 13.0 Å². The second-order valence-corrected chi connectivity index (χ2v) is 6.52. The molecule has 0 aliphatic heterocycles. The summed E-state index contributed by atoms with van der Waals surface area (Å²) in [6.45, 7) is 3.09. The van der Waals surface area contributed by atoms with Crippen LogP contribution >= 0.6 is 11.8 Å². The number of nitrogens with zero attached hydrogens (tertiary/aromatic N) is 4. The van der Waals surface area contributed by atoms with Gasteiger partial charge in [0, 0.05) is 12.3 Å². The number of benzene rings is 1. The topological polar surface area (TPSA) is 69.6 Å². The van der Waals surface area contributed by atoms with Crippen molar-refractivity contribution in [3.8, 4) is 0 Å². The fraction of sp³-hybridized carbons (Fsp3) is 0.353. The number of nitrogen functional groups attached to an aromatic ring is 1. The third-order valence-corrected chi connectivity index (χ3v) is 4.64. The Kier molecular flexibility index (Phi) is 5.12. The van der Waals surface area contributed by atoms with Gasteiger partial charge in [0.2, 0.25) is 5.95 Å². The van der Waals surface area contributed by atoms with Crippen LogP contribution in [-0.4, -0.2) is 25.3 Å². The summed E-state index contributed by atoms with van der Waals surface area (Å²) in [5.41, 5.74) is 8.91. The lowest BCUT2D eigenvalue weighted by Crippen LogP contribution is -2.02. The van der Waals surface area contributed by atoms with Gasteiger partial charge in [-0.05, 0) is 18.4 Å². The van der Waals surface area contributed by atoms with Crippen molar-refractivity contribution in [2.45, 2.75) is 37.8 Å². The molecule has 23 heavy (non-hydrogen) atoms. The summed E-state index contributed by atoms with van der Waals surface area (Å²) >= 11 is 1.69. The molecule has 2 N–H and O–H groups in total. The molecule has 5 nitrogen and oxygen atoms in total. The van der Waals surface area contributed by atoms with Crippen LogP contribution < -0.4 is 5.73 Å². The zero-order valence-electron chi connectivity index (χ0n) is 13.3. The first-order valence-electron chi connectivity index (χ1n) is 7.93. The van der Waals surface area contributed by atoms with Gasteiger partial charge in [0.15, 0.2) is 5.65 Å². The van der Waals surface area contributed by atoms with Crippen LogP contribution in [0.4, 0.5) is 5.95 Å². The molecule has 3 aromatic rings. The SMILES string of the molecule is CCCCn1cnc2c(SCCc3ccccc3)nc(N)nc21. The van der Waals surface area contributed by atoms with Gasteiger partial charge in [-0.2, -0.15) is 4.98 Å². The zero-order chi connectivity index (χ0) is 16.1. The number of anilines is 1. The normalized spacial score (nSPS) is 11.2. The molecule has 2 aromatic heterocycles. The third kappa shape index (κ3) is 3.82. The van der Waals surface area contributed by atoms with Crippen molar-refractivity contribution in [2.75, 3.05) is 11.5 Å². The Hall–Kier alpha value is -2.08. The van der Waals surface area contributed by atoms with E-state index in [9.17, 15) is 0 Å². The summed E-state index contributed by atoms with van der Waals surface area (Å²) in [5, 5.41) is 0.874. The smallest absolute Gasteiger partial charge is 0.223 e. The molecule has 0 amide bonds. The Balaban J connectivity index is 1.76. The standard InChI is InChI=1S/C17H21N5S/c1-2-3-10-22-12-19-14-15(22)20-17(18)21-16(14)23-11-9-13-7-5-4-6-8-13/h4-8,12H,2-3,9-11H2,1H3,(H2,18,20,21). The Bertz CT molecular complexity index is 769. The van der Waals surface area contributed by atoms with Crippen molar-refractivity contribution in [3.05, 3.63) is 42.2 Å². The van der Waals surface area contributed by atoms with E-state index in [-0.39, 0.29) is 0 Å². The first-order chi connectivity index (χ1) is 11.3. The maximum absolute atomic E-state index is 5.89. The molecule has 0 fully saturated rings. The summed E-state index contributed by atoms with van der Waals surface area (Å²) in [5.74, 6) is 1.26. The molecule has 0 aliphatic rings. The molecule has 0 radical (unpaired) electrons. The van der Waals surface area contributed by atoms with Crippen molar-refractivity contribution < 1.29 is 0 Å². The van der Waals surface area contributed by atoms with E-state index in [0.29, 0.717) is 5.95 Å². The molecule has 0 aliphatic carbocycles. The van der Waals surface area contributed by atoms with E-state index in [2.05, 4.69) is 50.7 Å². The number of aromatic nitrogens is 4. The molecule has 6 heteroatoms. The van der Waals surface area contributed by atoms with Crippen molar-refractivity contribution in [3.63, 3.8) is 0 Å². The molecular formula is C17H21N5S. The lowest BCUT2D eigenvalue weighted by atomic mass is 10.2. The van der Waals surface area contributed by atoms with E-state index in [0.717, 1.165) is 47.7 Å². The summed E-state index contributed by atoms with van der Waals surface area (Å²) < 4.78 is 2.07. The molecular weight excluding hydrogens is 306 g/mol. The van der Waals surface area contributed by atoms with E-state index in [4.69, 9.17) is 5.73 Å². The Morgan fingerprint density at radius 2 is 2.00 bits per heavy atom. The van der Waals surface area contributed by atoms with Gasteiger partial charge in [0.05, 0.1) is 6.33 Å². The molecule has 0 bridgehead atoms. The van der Waals surface area contributed by atoms with Gasteiger partial charge in [-0.25, -0.2) is 9.97 Å². The van der Waals surface area contributed by atoms with Gasteiger partial charge in [0.1, 0.15) is 10.5 Å². The molecule has 1 aromatic carbocycles. The van der Waals surface area contributed by atoms with Gasteiger partial charge < -0.3 is 10.3 Å². The summed E-state index contributed by atoms with van der Waals surface area (Å²) in [4.78, 5) is 13.2. The average Bonchev–Trinajstić information content (AvgIpc) is 2.97. The molecule has 0 unspecified atom stereocenters. The van der Waals surface area contributed by atoms with Crippen molar-refractivity contribution in [2.24, 2.45) is 0 Å². The molecule has 0 spiro atoms. The van der Waals surface area contributed by atoms with Crippen LogP contribution in [0, 0.1) is 0 Å². The minimum absolute atomic E-state index is 0.318. The predicted molar refractivity (Wildman–Crippen MR) is 95.5 cm³/mol. The average molecular weight is 327 g/mol. The second kappa shape index (κ2) is 7.46. The number of hydrogen-bond donors (Lipinski definition) is 1. The van der Waals surface area contributed by atoms with E-state index >= 15 is 0 Å². The minimum atomic E-state index is 0.318. The Labute approximate surface area is 140 Å². The van der Waals surface area contributed by atoms with Crippen molar-refractivity contribution >= 4 is 28.9 Å².